The largest absolute Gasteiger partial charge is 0.480 e. The lowest BCUT2D eigenvalue weighted by atomic mass is 9.98. The van der Waals surface area contributed by atoms with E-state index >= 15 is 0 Å². The molecule has 170 valence electrons. The third-order valence-corrected chi connectivity index (χ3v) is 5.72. The molecular formula is C25H30N2O5. The van der Waals surface area contributed by atoms with Gasteiger partial charge in [-0.3, -0.25) is 4.79 Å². The topological polar surface area (TPSA) is 105 Å². The molecule has 2 aromatic carbocycles. The summed E-state index contributed by atoms with van der Waals surface area (Å²) in [7, 11) is 0. The van der Waals surface area contributed by atoms with Crippen LogP contribution in [0, 0.1) is 0 Å². The molecule has 7 heteroatoms. The third kappa shape index (κ3) is 5.28. The molecule has 0 aromatic heterocycles. The summed E-state index contributed by atoms with van der Waals surface area (Å²) in [5.74, 6) is -1.60. The molecule has 0 heterocycles. The van der Waals surface area contributed by atoms with Crippen molar-refractivity contribution in [1.82, 2.24) is 10.6 Å². The zero-order chi connectivity index (χ0) is 23.3. The molecule has 0 fully saturated rings. The van der Waals surface area contributed by atoms with Crippen LogP contribution in [-0.4, -0.2) is 41.3 Å². The molecule has 2 amide bonds. The van der Waals surface area contributed by atoms with E-state index in [1.807, 2.05) is 31.2 Å². The van der Waals surface area contributed by atoms with Crippen LogP contribution < -0.4 is 10.6 Å². The Balaban J connectivity index is 1.60. The van der Waals surface area contributed by atoms with Crippen LogP contribution in [0.4, 0.5) is 4.79 Å². The Kier molecular flexibility index (Phi) is 7.18. The lowest BCUT2D eigenvalue weighted by Gasteiger charge is -2.24. The van der Waals surface area contributed by atoms with Gasteiger partial charge in [0.05, 0.1) is 0 Å². The summed E-state index contributed by atoms with van der Waals surface area (Å²) >= 11 is 0. The van der Waals surface area contributed by atoms with Gasteiger partial charge in [-0.25, -0.2) is 9.59 Å². The average Bonchev–Trinajstić information content (AvgIpc) is 3.05. The van der Waals surface area contributed by atoms with Crippen molar-refractivity contribution in [2.24, 2.45) is 0 Å². The molecule has 3 rings (SSSR count). The molecule has 0 saturated carbocycles. The molecule has 7 nitrogen and oxygen atoms in total. The highest BCUT2D eigenvalue weighted by molar-refractivity contribution is 5.86. The van der Waals surface area contributed by atoms with Gasteiger partial charge in [-0.2, -0.15) is 0 Å². The Morgan fingerprint density at radius 2 is 1.59 bits per heavy atom. The predicted octanol–water partition coefficient (Wildman–Crippen LogP) is 4.06. The molecule has 1 atom stereocenters. The van der Waals surface area contributed by atoms with E-state index in [2.05, 4.69) is 34.9 Å². The molecule has 0 bridgehead atoms. The van der Waals surface area contributed by atoms with Crippen molar-refractivity contribution in [1.29, 1.82) is 0 Å². The molecule has 2 aromatic rings. The number of benzene rings is 2. The maximum atomic E-state index is 12.5. The maximum absolute atomic E-state index is 12.5. The van der Waals surface area contributed by atoms with Crippen LogP contribution in [0.1, 0.15) is 57.1 Å². The van der Waals surface area contributed by atoms with E-state index < -0.39 is 29.6 Å². The fourth-order valence-corrected chi connectivity index (χ4v) is 4.06. The number of hydrogen-bond donors (Lipinski definition) is 3. The van der Waals surface area contributed by atoms with Gasteiger partial charge in [0.1, 0.15) is 12.1 Å². The Hall–Kier alpha value is -3.35. The Bertz CT molecular complexity index is 956. The Morgan fingerprint density at radius 3 is 2.12 bits per heavy atom. The predicted molar refractivity (Wildman–Crippen MR) is 121 cm³/mol. The van der Waals surface area contributed by atoms with Crippen molar-refractivity contribution in [2.75, 3.05) is 6.61 Å². The number of alkyl carbamates (subject to hydrolysis) is 1. The second kappa shape index (κ2) is 9.85. The van der Waals surface area contributed by atoms with E-state index in [1.54, 1.807) is 0 Å². The van der Waals surface area contributed by atoms with Crippen molar-refractivity contribution >= 4 is 18.0 Å². The number of nitrogens with one attached hydrogen (secondary N) is 2. The second-order valence-electron chi connectivity index (χ2n) is 8.64. The summed E-state index contributed by atoms with van der Waals surface area (Å²) in [6.07, 6.45) is 0.722. The number of carboxylic acids is 1. The minimum absolute atomic E-state index is 0.0191. The van der Waals surface area contributed by atoms with Gasteiger partial charge in [0.2, 0.25) is 5.91 Å². The first-order valence-electron chi connectivity index (χ1n) is 10.9. The number of hydrogen-bond acceptors (Lipinski definition) is 4. The normalized spacial score (nSPS) is 13.6. The van der Waals surface area contributed by atoms with Crippen molar-refractivity contribution in [2.45, 2.75) is 57.5 Å². The summed E-state index contributed by atoms with van der Waals surface area (Å²) in [4.78, 5) is 36.1. The number of carbonyl (C=O) groups excluding carboxylic acids is 2. The molecule has 1 aliphatic carbocycles. The first-order valence-corrected chi connectivity index (χ1v) is 10.9. The van der Waals surface area contributed by atoms with Crippen LogP contribution in [0.15, 0.2) is 48.5 Å². The van der Waals surface area contributed by atoms with Crippen LogP contribution in [0.3, 0.4) is 0 Å². The summed E-state index contributed by atoms with van der Waals surface area (Å²) in [6.45, 7) is 4.98. The zero-order valence-corrected chi connectivity index (χ0v) is 18.7. The van der Waals surface area contributed by atoms with E-state index in [-0.39, 0.29) is 18.9 Å². The van der Waals surface area contributed by atoms with E-state index in [1.165, 1.54) is 13.8 Å². The highest BCUT2D eigenvalue weighted by Gasteiger charge is 2.31. The zero-order valence-electron chi connectivity index (χ0n) is 18.7. The third-order valence-electron chi connectivity index (χ3n) is 5.72. The maximum Gasteiger partial charge on any atom is 0.407 e. The first-order chi connectivity index (χ1) is 15.2. The van der Waals surface area contributed by atoms with E-state index in [0.29, 0.717) is 6.42 Å². The van der Waals surface area contributed by atoms with Crippen LogP contribution >= 0.6 is 0 Å². The molecule has 32 heavy (non-hydrogen) atoms. The SMILES string of the molecule is CCC[C@H](CC(=O)NC(C)(C)C(=O)O)NC(=O)OCC1c2ccccc2-c2ccccc21. The van der Waals surface area contributed by atoms with Crippen molar-refractivity contribution in [3.8, 4) is 11.1 Å². The van der Waals surface area contributed by atoms with E-state index in [0.717, 1.165) is 28.7 Å². The van der Waals surface area contributed by atoms with Crippen molar-refractivity contribution in [3.05, 3.63) is 59.7 Å². The lowest BCUT2D eigenvalue weighted by molar-refractivity contribution is -0.146. The molecular weight excluding hydrogens is 408 g/mol. The molecule has 0 saturated heterocycles. The monoisotopic (exact) mass is 438 g/mol. The number of aliphatic carboxylic acids is 1. The van der Waals surface area contributed by atoms with Gasteiger partial charge in [-0.05, 0) is 42.5 Å². The molecule has 0 spiro atoms. The number of rotatable bonds is 9. The van der Waals surface area contributed by atoms with Crippen molar-refractivity contribution < 1.29 is 24.2 Å². The highest BCUT2D eigenvalue weighted by Crippen LogP contribution is 2.44. The minimum atomic E-state index is -1.38. The smallest absolute Gasteiger partial charge is 0.407 e. The Morgan fingerprint density at radius 1 is 1.03 bits per heavy atom. The van der Waals surface area contributed by atoms with Crippen LogP contribution in [0.25, 0.3) is 11.1 Å². The summed E-state index contributed by atoms with van der Waals surface area (Å²) in [6, 6.07) is 15.8. The van der Waals surface area contributed by atoms with Gasteiger partial charge in [-0.1, -0.05) is 61.9 Å². The van der Waals surface area contributed by atoms with Gasteiger partial charge >= 0.3 is 12.1 Å². The lowest BCUT2D eigenvalue weighted by Crippen LogP contribution is -2.51. The van der Waals surface area contributed by atoms with Crippen molar-refractivity contribution in [3.63, 3.8) is 0 Å². The fourth-order valence-electron chi connectivity index (χ4n) is 4.06. The second-order valence-corrected chi connectivity index (χ2v) is 8.64. The molecule has 1 aliphatic rings. The standard InChI is InChI=1S/C25H30N2O5/c1-4-9-16(14-22(28)27-25(2,3)23(29)30)26-24(31)32-15-21-19-12-7-5-10-17(19)18-11-6-8-13-20(18)21/h5-8,10-13,16,21H,4,9,14-15H2,1-3H3,(H,26,31)(H,27,28)(H,29,30)/t16-/m1/s1. The summed E-state index contributed by atoms with van der Waals surface area (Å²) in [5, 5.41) is 14.4. The van der Waals surface area contributed by atoms with Gasteiger partial charge < -0.3 is 20.5 Å². The van der Waals surface area contributed by atoms with Crippen LogP contribution in [-0.2, 0) is 14.3 Å². The molecule has 0 unspecified atom stereocenters. The first kappa shape index (κ1) is 23.3. The number of carboxylic acid groups (broad SMARTS) is 1. The van der Waals surface area contributed by atoms with Gasteiger partial charge in [0, 0.05) is 18.4 Å². The average molecular weight is 439 g/mol. The minimum Gasteiger partial charge on any atom is -0.480 e. The number of amides is 2. The summed E-state index contributed by atoms with van der Waals surface area (Å²) in [5.41, 5.74) is 3.18. The highest BCUT2D eigenvalue weighted by atomic mass is 16.5. The van der Waals surface area contributed by atoms with Gasteiger partial charge in [0.15, 0.2) is 0 Å². The van der Waals surface area contributed by atoms with Crippen LogP contribution in [0.2, 0.25) is 0 Å². The Labute approximate surface area is 188 Å². The number of ether oxygens (including phenoxy) is 1. The van der Waals surface area contributed by atoms with Gasteiger partial charge in [-0.15, -0.1) is 0 Å². The molecule has 3 N–H and O–H groups in total. The molecule has 0 radical (unpaired) electrons. The fraction of sp³-hybridized carbons (Fsp3) is 0.400. The number of fused-ring (bicyclic) bond motifs is 3. The molecule has 0 aliphatic heterocycles. The van der Waals surface area contributed by atoms with E-state index in [9.17, 15) is 19.5 Å². The van der Waals surface area contributed by atoms with E-state index in [4.69, 9.17) is 4.74 Å². The summed E-state index contributed by atoms with van der Waals surface area (Å²) < 4.78 is 5.56. The quantitative estimate of drug-likeness (QED) is 0.548. The van der Waals surface area contributed by atoms with Gasteiger partial charge in [0.25, 0.3) is 0 Å². The van der Waals surface area contributed by atoms with Crippen LogP contribution in [0.5, 0.6) is 0 Å². The number of carbonyl (C=O) groups is 3.